The number of hydrogen-bond acceptors (Lipinski definition) is 5. The third kappa shape index (κ3) is 3.05. The van der Waals surface area contributed by atoms with Gasteiger partial charge >= 0.3 is 6.01 Å². The fourth-order valence-electron chi connectivity index (χ4n) is 2.27. The van der Waals surface area contributed by atoms with Gasteiger partial charge in [-0.15, -0.1) is 0 Å². The lowest BCUT2D eigenvalue weighted by atomic mass is 9.96. The highest BCUT2D eigenvalue weighted by Gasteiger charge is 2.28. The fourth-order valence-corrected chi connectivity index (χ4v) is 2.27. The molecule has 0 aliphatic carbocycles. The minimum absolute atomic E-state index is 0.124. The average molecular weight is 266 g/mol. The summed E-state index contributed by atoms with van der Waals surface area (Å²) in [4.78, 5) is 20.0. The van der Waals surface area contributed by atoms with Gasteiger partial charge in [0.1, 0.15) is 0 Å². The van der Waals surface area contributed by atoms with E-state index in [-0.39, 0.29) is 17.7 Å². The Balaban J connectivity index is 1.94. The first-order valence-corrected chi connectivity index (χ1v) is 6.78. The van der Waals surface area contributed by atoms with E-state index < -0.39 is 0 Å². The number of rotatable bonds is 3. The summed E-state index contributed by atoms with van der Waals surface area (Å²) < 4.78 is 5.28. The van der Waals surface area contributed by atoms with Gasteiger partial charge in [0, 0.05) is 39.0 Å². The predicted molar refractivity (Wildman–Crippen MR) is 72.0 cm³/mol. The van der Waals surface area contributed by atoms with E-state index >= 15 is 0 Å². The molecule has 6 nitrogen and oxygen atoms in total. The lowest BCUT2D eigenvalue weighted by molar-refractivity contribution is -0.133. The molecule has 0 saturated carbocycles. The molecule has 0 unspecified atom stereocenters. The molecule has 19 heavy (non-hydrogen) atoms. The molecule has 0 aromatic carbocycles. The van der Waals surface area contributed by atoms with Crippen molar-refractivity contribution < 1.29 is 9.32 Å². The molecule has 1 amide bonds. The monoisotopic (exact) mass is 266 g/mol. The normalized spacial score (nSPS) is 17.0. The Hall–Kier alpha value is -1.59. The third-order valence-electron chi connectivity index (χ3n) is 3.50. The van der Waals surface area contributed by atoms with E-state index in [1.165, 1.54) is 0 Å². The second kappa shape index (κ2) is 5.59. The molecule has 0 N–H and O–H groups in total. The van der Waals surface area contributed by atoms with Gasteiger partial charge < -0.3 is 14.3 Å². The van der Waals surface area contributed by atoms with Crippen molar-refractivity contribution in [3.63, 3.8) is 0 Å². The molecule has 1 aliphatic heterocycles. The molecule has 1 fully saturated rings. The van der Waals surface area contributed by atoms with Gasteiger partial charge in [-0.3, -0.25) is 4.79 Å². The van der Waals surface area contributed by atoms with E-state index in [1.54, 1.807) is 4.90 Å². The lowest BCUT2D eigenvalue weighted by Crippen LogP contribution is -2.40. The van der Waals surface area contributed by atoms with Gasteiger partial charge in [0.15, 0.2) is 5.82 Å². The topological polar surface area (TPSA) is 62.5 Å². The molecule has 0 bridgehead atoms. The minimum atomic E-state index is 0.124. The van der Waals surface area contributed by atoms with Gasteiger partial charge in [0.2, 0.25) is 5.91 Å². The second-order valence-electron chi connectivity index (χ2n) is 5.58. The quantitative estimate of drug-likeness (QED) is 0.829. The van der Waals surface area contributed by atoms with Crippen molar-refractivity contribution in [2.24, 2.45) is 5.92 Å². The summed E-state index contributed by atoms with van der Waals surface area (Å²) in [6, 6.07) is 0.583. The van der Waals surface area contributed by atoms with Crippen LogP contribution in [0.4, 0.5) is 6.01 Å². The SMILES string of the molecule is CC(C)c1noc(N2CCC(C(=O)N(C)C)CC2)n1. The van der Waals surface area contributed by atoms with Gasteiger partial charge in [0.25, 0.3) is 0 Å². The lowest BCUT2D eigenvalue weighted by Gasteiger charge is -2.31. The largest absolute Gasteiger partial charge is 0.349 e. The Morgan fingerprint density at radius 1 is 1.37 bits per heavy atom. The van der Waals surface area contributed by atoms with Crippen LogP contribution in [-0.4, -0.2) is 48.1 Å². The summed E-state index contributed by atoms with van der Waals surface area (Å²) in [6.45, 7) is 5.67. The number of nitrogens with zero attached hydrogens (tertiary/aromatic N) is 4. The molecule has 2 heterocycles. The van der Waals surface area contributed by atoms with E-state index in [9.17, 15) is 4.79 Å². The van der Waals surface area contributed by atoms with Gasteiger partial charge in [-0.1, -0.05) is 19.0 Å². The van der Waals surface area contributed by atoms with E-state index in [0.717, 1.165) is 31.8 Å². The van der Waals surface area contributed by atoms with Crippen molar-refractivity contribution in [1.82, 2.24) is 15.0 Å². The third-order valence-corrected chi connectivity index (χ3v) is 3.50. The van der Waals surface area contributed by atoms with Crippen LogP contribution in [0.3, 0.4) is 0 Å². The van der Waals surface area contributed by atoms with E-state index in [4.69, 9.17) is 4.52 Å². The zero-order chi connectivity index (χ0) is 14.0. The van der Waals surface area contributed by atoms with Crippen molar-refractivity contribution in [2.75, 3.05) is 32.1 Å². The standard InChI is InChI=1S/C13H22N4O2/c1-9(2)11-14-13(19-15-11)17-7-5-10(6-8-17)12(18)16(3)4/h9-10H,5-8H2,1-4H3. The van der Waals surface area contributed by atoms with Crippen LogP contribution in [-0.2, 0) is 4.79 Å². The zero-order valence-corrected chi connectivity index (χ0v) is 12.1. The van der Waals surface area contributed by atoms with Crippen LogP contribution < -0.4 is 4.90 Å². The van der Waals surface area contributed by atoms with Crippen molar-refractivity contribution >= 4 is 11.9 Å². The summed E-state index contributed by atoms with van der Waals surface area (Å²) >= 11 is 0. The minimum Gasteiger partial charge on any atom is -0.349 e. The molecule has 1 aromatic rings. The van der Waals surface area contributed by atoms with Crippen LogP contribution in [0.25, 0.3) is 0 Å². The summed E-state index contributed by atoms with van der Waals surface area (Å²) in [5.74, 6) is 1.35. The Morgan fingerprint density at radius 3 is 2.47 bits per heavy atom. The van der Waals surface area contributed by atoms with E-state index in [2.05, 4.69) is 15.0 Å². The number of amides is 1. The highest BCUT2D eigenvalue weighted by atomic mass is 16.5. The zero-order valence-electron chi connectivity index (χ0n) is 12.1. The first-order valence-electron chi connectivity index (χ1n) is 6.78. The number of anilines is 1. The van der Waals surface area contributed by atoms with Crippen LogP contribution in [0, 0.1) is 5.92 Å². The van der Waals surface area contributed by atoms with Gasteiger partial charge in [-0.25, -0.2) is 0 Å². The van der Waals surface area contributed by atoms with Gasteiger partial charge in [-0.2, -0.15) is 4.98 Å². The fraction of sp³-hybridized carbons (Fsp3) is 0.769. The average Bonchev–Trinajstić information content (AvgIpc) is 2.87. The summed E-state index contributed by atoms with van der Waals surface area (Å²) in [6.07, 6.45) is 1.69. The molecule has 1 aromatic heterocycles. The highest BCUT2D eigenvalue weighted by molar-refractivity contribution is 5.78. The smallest absolute Gasteiger partial charge is 0.324 e. The van der Waals surface area contributed by atoms with Gasteiger partial charge in [-0.05, 0) is 12.8 Å². The van der Waals surface area contributed by atoms with Crippen molar-refractivity contribution in [3.05, 3.63) is 5.82 Å². The van der Waals surface area contributed by atoms with Crippen LogP contribution in [0.2, 0.25) is 0 Å². The predicted octanol–water partition coefficient (Wildman–Crippen LogP) is 1.50. The molecule has 106 valence electrons. The molecular formula is C13H22N4O2. The molecular weight excluding hydrogens is 244 g/mol. The van der Waals surface area contributed by atoms with Gasteiger partial charge in [0.05, 0.1) is 0 Å². The second-order valence-corrected chi connectivity index (χ2v) is 5.58. The summed E-state index contributed by atoms with van der Waals surface area (Å²) in [5.41, 5.74) is 0. The summed E-state index contributed by atoms with van der Waals surface area (Å²) in [7, 11) is 3.61. The Bertz CT molecular complexity index is 434. The first-order chi connectivity index (χ1) is 8.99. The van der Waals surface area contributed by atoms with Crippen LogP contribution in [0.15, 0.2) is 4.52 Å². The first kappa shape index (κ1) is 13.8. The Labute approximate surface area is 113 Å². The van der Waals surface area contributed by atoms with Crippen LogP contribution in [0.1, 0.15) is 38.4 Å². The molecule has 6 heteroatoms. The molecule has 0 atom stereocenters. The highest BCUT2D eigenvalue weighted by Crippen LogP contribution is 2.24. The number of aromatic nitrogens is 2. The number of piperidine rings is 1. The molecule has 0 spiro atoms. The molecule has 0 radical (unpaired) electrons. The van der Waals surface area contributed by atoms with Crippen LogP contribution >= 0.6 is 0 Å². The summed E-state index contributed by atoms with van der Waals surface area (Å²) in [5, 5.41) is 3.97. The number of hydrogen-bond donors (Lipinski definition) is 0. The molecule has 2 rings (SSSR count). The van der Waals surface area contributed by atoms with Crippen molar-refractivity contribution in [1.29, 1.82) is 0 Å². The maximum absolute atomic E-state index is 11.9. The Morgan fingerprint density at radius 2 is 2.00 bits per heavy atom. The van der Waals surface area contributed by atoms with E-state index in [1.807, 2.05) is 27.9 Å². The van der Waals surface area contributed by atoms with E-state index in [0.29, 0.717) is 6.01 Å². The number of carbonyl (C=O) groups excluding carboxylic acids is 1. The van der Waals surface area contributed by atoms with Crippen LogP contribution in [0.5, 0.6) is 0 Å². The maximum Gasteiger partial charge on any atom is 0.324 e. The maximum atomic E-state index is 11.9. The van der Waals surface area contributed by atoms with Crippen molar-refractivity contribution in [3.8, 4) is 0 Å². The Kier molecular flexibility index (Phi) is 4.07. The number of carbonyl (C=O) groups is 1. The molecule has 1 aliphatic rings. The molecule has 1 saturated heterocycles. The van der Waals surface area contributed by atoms with Crippen molar-refractivity contribution in [2.45, 2.75) is 32.6 Å².